The number of nitrogens with zero attached hydrogens (tertiary/aromatic N) is 2. The summed E-state index contributed by atoms with van der Waals surface area (Å²) in [4.78, 5) is 28.9. The number of hydrogen-bond donors (Lipinski definition) is 2. The lowest BCUT2D eigenvalue weighted by Gasteiger charge is -2.21. The van der Waals surface area contributed by atoms with Crippen molar-refractivity contribution in [2.75, 3.05) is 12.9 Å². The number of rotatable bonds is 5. The van der Waals surface area contributed by atoms with Gasteiger partial charge in [0.1, 0.15) is 5.56 Å². The fourth-order valence-electron chi connectivity index (χ4n) is 1.79. The predicted molar refractivity (Wildman–Crippen MR) is 80.7 cm³/mol. The topological polar surface area (TPSA) is 83.7 Å². The summed E-state index contributed by atoms with van der Waals surface area (Å²) in [6.07, 6.45) is 4.74. The van der Waals surface area contributed by atoms with Crippen LogP contribution in [0.2, 0.25) is 0 Å². The number of thioether (sulfide) groups is 1. The molecule has 6 nitrogen and oxygen atoms in total. The Bertz CT molecular complexity index is 663. The largest absolute Gasteiger partial charge is 0.395 e. The summed E-state index contributed by atoms with van der Waals surface area (Å²) < 4.78 is 1.35. The Balaban J connectivity index is 2.23. The summed E-state index contributed by atoms with van der Waals surface area (Å²) in [6.45, 7) is 1.76. The molecule has 2 heterocycles. The summed E-state index contributed by atoms with van der Waals surface area (Å²) in [5, 5.41) is 13.6. The molecule has 2 aromatic heterocycles. The van der Waals surface area contributed by atoms with Gasteiger partial charge in [-0.15, -0.1) is 11.3 Å². The maximum atomic E-state index is 12.1. The molecule has 0 saturated heterocycles. The Hall–Kier alpha value is -1.38. The van der Waals surface area contributed by atoms with Crippen LogP contribution in [0.15, 0.2) is 22.6 Å². The van der Waals surface area contributed by atoms with Crippen LogP contribution in [0.3, 0.4) is 0 Å². The van der Waals surface area contributed by atoms with Gasteiger partial charge in [0.05, 0.1) is 6.61 Å². The number of aliphatic hydroxyl groups excluding tert-OH is 1. The number of fused-ring (bicyclic) bond motifs is 1. The van der Waals surface area contributed by atoms with Gasteiger partial charge in [0.25, 0.3) is 11.5 Å². The van der Waals surface area contributed by atoms with E-state index in [2.05, 4.69) is 10.3 Å². The van der Waals surface area contributed by atoms with E-state index in [1.165, 1.54) is 33.7 Å². The van der Waals surface area contributed by atoms with E-state index >= 15 is 0 Å². The van der Waals surface area contributed by atoms with Gasteiger partial charge in [0.15, 0.2) is 4.96 Å². The van der Waals surface area contributed by atoms with E-state index in [1.807, 2.05) is 6.26 Å². The molecular formula is C12H15N3O3S2. The number of hydrogen-bond acceptors (Lipinski definition) is 6. The normalized spacial score (nSPS) is 14.2. The highest BCUT2D eigenvalue weighted by Gasteiger charge is 2.20. The van der Waals surface area contributed by atoms with E-state index in [1.54, 1.807) is 18.5 Å². The van der Waals surface area contributed by atoms with Crippen molar-refractivity contribution < 1.29 is 9.90 Å². The molecule has 0 aliphatic rings. The highest BCUT2D eigenvalue weighted by atomic mass is 32.2. The van der Waals surface area contributed by atoms with Crippen molar-refractivity contribution >= 4 is 34.0 Å². The van der Waals surface area contributed by atoms with Gasteiger partial charge >= 0.3 is 0 Å². The van der Waals surface area contributed by atoms with Crippen LogP contribution in [0.5, 0.6) is 0 Å². The first-order valence-electron chi connectivity index (χ1n) is 5.98. The van der Waals surface area contributed by atoms with Crippen LogP contribution in [-0.2, 0) is 0 Å². The minimum atomic E-state index is -0.469. The van der Waals surface area contributed by atoms with E-state index in [0.29, 0.717) is 4.96 Å². The van der Waals surface area contributed by atoms with Crippen LogP contribution in [-0.4, -0.2) is 44.6 Å². The van der Waals surface area contributed by atoms with Crippen LogP contribution >= 0.6 is 23.1 Å². The Kier molecular flexibility index (Phi) is 4.79. The second-order valence-electron chi connectivity index (χ2n) is 4.25. The number of carbonyl (C=O) groups is 1. The fourth-order valence-corrected chi connectivity index (χ4v) is 3.10. The maximum Gasteiger partial charge on any atom is 0.271 e. The van der Waals surface area contributed by atoms with Crippen molar-refractivity contribution in [3.63, 3.8) is 0 Å². The van der Waals surface area contributed by atoms with Gasteiger partial charge in [0, 0.05) is 29.1 Å². The summed E-state index contributed by atoms with van der Waals surface area (Å²) in [7, 11) is 0. The zero-order valence-electron chi connectivity index (χ0n) is 11.1. The third-order valence-corrected chi connectivity index (χ3v) is 4.92. The number of aromatic nitrogens is 2. The number of carbonyl (C=O) groups excluding carboxylic acids is 1. The standard InChI is InChI=1S/C12H15N3O3S2/c1-7(9(6-16)19-2)14-10(17)8-5-13-12-15(11(8)18)3-4-20-12/h3-5,7,9,16H,6H2,1-2H3,(H,14,17). The van der Waals surface area contributed by atoms with E-state index in [9.17, 15) is 14.7 Å². The monoisotopic (exact) mass is 313 g/mol. The average molecular weight is 313 g/mol. The summed E-state index contributed by atoms with van der Waals surface area (Å²) in [5.74, 6) is -0.469. The Morgan fingerprint density at radius 2 is 2.40 bits per heavy atom. The number of aliphatic hydroxyl groups is 1. The van der Waals surface area contributed by atoms with Gasteiger partial charge in [-0.1, -0.05) is 0 Å². The van der Waals surface area contributed by atoms with Crippen LogP contribution in [0, 0.1) is 0 Å². The van der Waals surface area contributed by atoms with E-state index < -0.39 is 5.91 Å². The fraction of sp³-hybridized carbons (Fsp3) is 0.417. The molecule has 0 aromatic carbocycles. The van der Waals surface area contributed by atoms with Crippen LogP contribution in [0.25, 0.3) is 4.96 Å². The van der Waals surface area contributed by atoms with Gasteiger partial charge in [-0.3, -0.25) is 14.0 Å². The predicted octanol–water partition coefficient (Wildman–Crippen LogP) is 0.598. The maximum absolute atomic E-state index is 12.1. The van der Waals surface area contributed by atoms with Crippen LogP contribution in [0.1, 0.15) is 17.3 Å². The highest BCUT2D eigenvalue weighted by molar-refractivity contribution is 7.99. The molecular weight excluding hydrogens is 298 g/mol. The smallest absolute Gasteiger partial charge is 0.271 e. The number of nitrogens with one attached hydrogen (secondary N) is 1. The molecule has 0 spiro atoms. The quantitative estimate of drug-likeness (QED) is 0.844. The summed E-state index contributed by atoms with van der Waals surface area (Å²) >= 11 is 2.79. The Labute approximate surface area is 123 Å². The molecule has 2 rings (SSSR count). The van der Waals surface area contributed by atoms with Gasteiger partial charge in [-0.2, -0.15) is 11.8 Å². The molecule has 2 unspecified atom stereocenters. The Morgan fingerprint density at radius 3 is 3.05 bits per heavy atom. The molecule has 2 N–H and O–H groups in total. The van der Waals surface area contributed by atoms with Crippen molar-refractivity contribution in [2.45, 2.75) is 18.2 Å². The molecule has 0 bridgehead atoms. The molecule has 0 radical (unpaired) electrons. The highest BCUT2D eigenvalue weighted by Crippen LogP contribution is 2.11. The first kappa shape index (κ1) is 15.0. The van der Waals surface area contributed by atoms with E-state index in [-0.39, 0.29) is 29.0 Å². The first-order chi connectivity index (χ1) is 9.58. The van der Waals surface area contributed by atoms with Crippen molar-refractivity contribution in [1.82, 2.24) is 14.7 Å². The van der Waals surface area contributed by atoms with Crippen molar-refractivity contribution in [3.05, 3.63) is 33.7 Å². The molecule has 1 amide bonds. The molecule has 0 fully saturated rings. The molecule has 0 saturated carbocycles. The molecule has 8 heteroatoms. The molecule has 0 aliphatic carbocycles. The Morgan fingerprint density at radius 1 is 1.65 bits per heavy atom. The third-order valence-electron chi connectivity index (χ3n) is 2.99. The van der Waals surface area contributed by atoms with E-state index in [4.69, 9.17) is 0 Å². The molecule has 20 heavy (non-hydrogen) atoms. The first-order valence-corrected chi connectivity index (χ1v) is 8.14. The van der Waals surface area contributed by atoms with Crippen molar-refractivity contribution in [2.24, 2.45) is 0 Å². The minimum absolute atomic E-state index is 0.00513. The van der Waals surface area contributed by atoms with Crippen LogP contribution in [0.4, 0.5) is 0 Å². The number of amides is 1. The average Bonchev–Trinajstić information content (AvgIpc) is 2.89. The van der Waals surface area contributed by atoms with Crippen LogP contribution < -0.4 is 10.9 Å². The molecule has 2 aromatic rings. The van der Waals surface area contributed by atoms with Gasteiger partial charge in [-0.25, -0.2) is 4.98 Å². The lowest BCUT2D eigenvalue weighted by Crippen LogP contribution is -2.43. The SMILES string of the molecule is CSC(CO)C(C)NC(=O)c1cnc2sccn2c1=O. The summed E-state index contributed by atoms with van der Waals surface area (Å²) in [6, 6.07) is -0.245. The second kappa shape index (κ2) is 6.38. The van der Waals surface area contributed by atoms with Crippen molar-refractivity contribution in [1.29, 1.82) is 0 Å². The molecule has 2 atom stereocenters. The third kappa shape index (κ3) is 2.87. The van der Waals surface area contributed by atoms with Gasteiger partial charge in [-0.05, 0) is 13.2 Å². The van der Waals surface area contributed by atoms with Gasteiger partial charge < -0.3 is 10.4 Å². The second-order valence-corrected chi connectivity index (χ2v) is 6.20. The molecule has 108 valence electrons. The van der Waals surface area contributed by atoms with E-state index in [0.717, 1.165) is 0 Å². The number of thiazole rings is 1. The summed E-state index contributed by atoms with van der Waals surface area (Å²) in [5.41, 5.74) is -0.379. The van der Waals surface area contributed by atoms with Gasteiger partial charge in [0.2, 0.25) is 0 Å². The molecule has 0 aliphatic heterocycles. The zero-order valence-corrected chi connectivity index (χ0v) is 12.7. The zero-order chi connectivity index (χ0) is 14.7. The lowest BCUT2D eigenvalue weighted by atomic mass is 10.2. The van der Waals surface area contributed by atoms with Crippen molar-refractivity contribution in [3.8, 4) is 0 Å². The minimum Gasteiger partial charge on any atom is -0.395 e. The lowest BCUT2D eigenvalue weighted by molar-refractivity contribution is 0.0934.